The number of carbonyl (C=O) groups is 2. The number of amides is 2. The van der Waals surface area contributed by atoms with Crippen molar-refractivity contribution in [2.24, 2.45) is 0 Å². The summed E-state index contributed by atoms with van der Waals surface area (Å²) in [7, 11) is 0. The number of Topliss-reactive ketones (excluding diaryl/α,β-unsaturated/α-hetero) is 1. The van der Waals surface area contributed by atoms with Crippen LogP contribution in [0.25, 0.3) is 0 Å². The lowest BCUT2D eigenvalue weighted by molar-refractivity contribution is 0.101. The van der Waals surface area contributed by atoms with E-state index < -0.39 is 0 Å². The van der Waals surface area contributed by atoms with Gasteiger partial charge in [0.2, 0.25) is 0 Å². The fourth-order valence-corrected chi connectivity index (χ4v) is 2.80. The van der Waals surface area contributed by atoms with Gasteiger partial charge in [-0.2, -0.15) is 0 Å². The van der Waals surface area contributed by atoms with Crippen molar-refractivity contribution in [3.63, 3.8) is 0 Å². The van der Waals surface area contributed by atoms with Crippen molar-refractivity contribution < 1.29 is 9.59 Å². The predicted molar refractivity (Wildman–Crippen MR) is 108 cm³/mol. The van der Waals surface area contributed by atoms with Gasteiger partial charge in [0.1, 0.15) is 0 Å². The first kappa shape index (κ1) is 18.4. The molecule has 0 unspecified atom stereocenters. The maximum Gasteiger partial charge on any atom is 0.322 e. The monoisotopic (exact) mass is 358 g/mol. The molecule has 0 saturated carbocycles. The third-order valence-corrected chi connectivity index (χ3v) is 4.26. The highest BCUT2D eigenvalue weighted by molar-refractivity contribution is 5.95. The predicted octanol–water partition coefficient (Wildman–Crippen LogP) is 5.12. The van der Waals surface area contributed by atoms with Gasteiger partial charge in [0.05, 0.1) is 0 Å². The lowest BCUT2D eigenvalue weighted by atomic mass is 10.1. The normalized spacial score (nSPS) is 10.3. The number of urea groups is 1. The van der Waals surface area contributed by atoms with Gasteiger partial charge < -0.3 is 10.2 Å². The topological polar surface area (TPSA) is 49.4 Å². The van der Waals surface area contributed by atoms with Crippen LogP contribution in [0.4, 0.5) is 10.5 Å². The maximum atomic E-state index is 12.9. The van der Waals surface area contributed by atoms with Crippen molar-refractivity contribution in [1.29, 1.82) is 0 Å². The van der Waals surface area contributed by atoms with Crippen LogP contribution in [-0.2, 0) is 13.1 Å². The van der Waals surface area contributed by atoms with E-state index in [0.717, 1.165) is 11.1 Å². The fraction of sp³-hybridized carbons (Fsp3) is 0.130. The third-order valence-electron chi connectivity index (χ3n) is 4.26. The van der Waals surface area contributed by atoms with Crippen molar-refractivity contribution in [3.05, 3.63) is 102 Å². The molecule has 0 radical (unpaired) electrons. The van der Waals surface area contributed by atoms with Crippen molar-refractivity contribution in [1.82, 2.24) is 4.90 Å². The van der Waals surface area contributed by atoms with E-state index in [-0.39, 0.29) is 11.8 Å². The summed E-state index contributed by atoms with van der Waals surface area (Å²) in [6, 6.07) is 26.6. The summed E-state index contributed by atoms with van der Waals surface area (Å²) in [6.07, 6.45) is 0. The second kappa shape index (κ2) is 8.81. The Kier molecular flexibility index (Phi) is 6.00. The zero-order valence-corrected chi connectivity index (χ0v) is 15.3. The number of nitrogens with zero attached hydrogens (tertiary/aromatic N) is 1. The SMILES string of the molecule is CC(=O)c1ccc(NC(=O)N(Cc2ccccc2)Cc2ccccc2)cc1. The molecule has 136 valence electrons. The molecule has 3 aromatic rings. The molecule has 3 aromatic carbocycles. The summed E-state index contributed by atoms with van der Waals surface area (Å²) >= 11 is 0. The average molecular weight is 358 g/mol. The Morgan fingerprint density at radius 1 is 0.741 bits per heavy atom. The summed E-state index contributed by atoms with van der Waals surface area (Å²) in [4.78, 5) is 26.1. The van der Waals surface area contributed by atoms with Gasteiger partial charge in [-0.1, -0.05) is 60.7 Å². The van der Waals surface area contributed by atoms with E-state index in [1.54, 1.807) is 29.2 Å². The van der Waals surface area contributed by atoms with Gasteiger partial charge >= 0.3 is 6.03 Å². The molecule has 0 bridgehead atoms. The number of hydrogen-bond acceptors (Lipinski definition) is 2. The number of hydrogen-bond donors (Lipinski definition) is 1. The van der Waals surface area contributed by atoms with Crippen LogP contribution in [0.3, 0.4) is 0 Å². The standard InChI is InChI=1S/C23H22N2O2/c1-18(26)21-12-14-22(15-13-21)24-23(27)25(16-19-8-4-2-5-9-19)17-20-10-6-3-7-11-20/h2-15H,16-17H2,1H3,(H,24,27). The molecule has 3 rings (SSSR count). The Morgan fingerprint density at radius 2 is 1.22 bits per heavy atom. The minimum absolute atomic E-state index is 0.00246. The van der Waals surface area contributed by atoms with Gasteiger partial charge in [-0.3, -0.25) is 4.79 Å². The van der Waals surface area contributed by atoms with E-state index in [4.69, 9.17) is 0 Å². The molecule has 27 heavy (non-hydrogen) atoms. The highest BCUT2D eigenvalue weighted by Gasteiger charge is 2.15. The Bertz CT molecular complexity index is 849. The van der Waals surface area contributed by atoms with Crippen molar-refractivity contribution in [2.45, 2.75) is 20.0 Å². The van der Waals surface area contributed by atoms with Crippen molar-refractivity contribution >= 4 is 17.5 Å². The minimum Gasteiger partial charge on any atom is -0.316 e. The van der Waals surface area contributed by atoms with Crippen LogP contribution in [0, 0.1) is 0 Å². The quantitative estimate of drug-likeness (QED) is 0.622. The van der Waals surface area contributed by atoms with Gasteiger partial charge in [-0.15, -0.1) is 0 Å². The molecule has 2 amide bonds. The van der Waals surface area contributed by atoms with Crippen LogP contribution in [0.1, 0.15) is 28.4 Å². The van der Waals surface area contributed by atoms with Crippen LogP contribution in [0.5, 0.6) is 0 Å². The van der Waals surface area contributed by atoms with Crippen LogP contribution < -0.4 is 5.32 Å². The second-order valence-electron chi connectivity index (χ2n) is 6.39. The first-order valence-corrected chi connectivity index (χ1v) is 8.86. The number of rotatable bonds is 6. The van der Waals surface area contributed by atoms with Crippen molar-refractivity contribution in [2.75, 3.05) is 5.32 Å². The maximum absolute atomic E-state index is 12.9. The van der Waals surface area contributed by atoms with Gasteiger partial charge in [-0.05, 0) is 42.3 Å². The van der Waals surface area contributed by atoms with E-state index in [1.807, 2.05) is 60.7 Å². The van der Waals surface area contributed by atoms with E-state index in [9.17, 15) is 9.59 Å². The molecule has 0 fully saturated rings. The Balaban J connectivity index is 1.76. The van der Waals surface area contributed by atoms with Gasteiger partial charge in [0, 0.05) is 24.3 Å². The molecule has 0 aliphatic carbocycles. The molecule has 4 nitrogen and oxygen atoms in total. The highest BCUT2D eigenvalue weighted by Crippen LogP contribution is 2.15. The Morgan fingerprint density at radius 3 is 1.67 bits per heavy atom. The van der Waals surface area contributed by atoms with Gasteiger partial charge in [-0.25, -0.2) is 4.79 Å². The minimum atomic E-state index is -0.182. The summed E-state index contributed by atoms with van der Waals surface area (Å²) in [5.74, 6) is 0.00246. The number of carbonyl (C=O) groups excluding carboxylic acids is 2. The molecule has 4 heteroatoms. The summed E-state index contributed by atoms with van der Waals surface area (Å²) in [5.41, 5.74) is 3.42. The van der Waals surface area contributed by atoms with E-state index in [0.29, 0.717) is 24.3 Å². The zero-order chi connectivity index (χ0) is 19.1. The first-order chi connectivity index (χ1) is 13.1. The lowest BCUT2D eigenvalue weighted by Gasteiger charge is -2.23. The molecule has 0 spiro atoms. The molecule has 0 saturated heterocycles. The fourth-order valence-electron chi connectivity index (χ4n) is 2.80. The van der Waals surface area contributed by atoms with Gasteiger partial charge in [0.25, 0.3) is 0 Å². The van der Waals surface area contributed by atoms with E-state index in [2.05, 4.69) is 5.32 Å². The summed E-state index contributed by atoms with van der Waals surface area (Å²) < 4.78 is 0. The van der Waals surface area contributed by atoms with Crippen LogP contribution in [0.15, 0.2) is 84.9 Å². The van der Waals surface area contributed by atoms with E-state index >= 15 is 0 Å². The molecule has 0 aliphatic rings. The number of anilines is 1. The Labute approximate surface area is 159 Å². The highest BCUT2D eigenvalue weighted by atomic mass is 16.2. The molecule has 0 aromatic heterocycles. The number of benzene rings is 3. The lowest BCUT2D eigenvalue weighted by Crippen LogP contribution is -2.34. The molecule has 0 aliphatic heterocycles. The van der Waals surface area contributed by atoms with Crippen LogP contribution in [0.2, 0.25) is 0 Å². The third kappa shape index (κ3) is 5.28. The number of ketones is 1. The largest absolute Gasteiger partial charge is 0.322 e. The van der Waals surface area contributed by atoms with Crippen LogP contribution >= 0.6 is 0 Å². The number of nitrogens with one attached hydrogen (secondary N) is 1. The average Bonchev–Trinajstić information content (AvgIpc) is 2.69. The summed E-state index contributed by atoms with van der Waals surface area (Å²) in [6.45, 7) is 2.54. The van der Waals surface area contributed by atoms with Crippen LogP contribution in [-0.4, -0.2) is 16.7 Å². The van der Waals surface area contributed by atoms with E-state index in [1.165, 1.54) is 6.92 Å². The molecular formula is C23H22N2O2. The van der Waals surface area contributed by atoms with Gasteiger partial charge in [0.15, 0.2) is 5.78 Å². The van der Waals surface area contributed by atoms with Crippen molar-refractivity contribution in [3.8, 4) is 0 Å². The first-order valence-electron chi connectivity index (χ1n) is 8.86. The molecular weight excluding hydrogens is 336 g/mol. The molecule has 0 atom stereocenters. The zero-order valence-electron chi connectivity index (χ0n) is 15.3. The summed E-state index contributed by atoms with van der Waals surface area (Å²) in [5, 5.41) is 2.92. The molecule has 0 heterocycles. The second-order valence-corrected chi connectivity index (χ2v) is 6.39. The molecule has 1 N–H and O–H groups in total. The Hall–Kier alpha value is -3.40. The smallest absolute Gasteiger partial charge is 0.316 e.